The van der Waals surface area contributed by atoms with Crippen LogP contribution in [0.5, 0.6) is 0 Å². The van der Waals surface area contributed by atoms with Crippen LogP contribution in [0.25, 0.3) is 0 Å². The molecule has 14 heavy (non-hydrogen) atoms. The first-order chi connectivity index (χ1) is 6.49. The van der Waals surface area contributed by atoms with Gasteiger partial charge in [-0.3, -0.25) is 0 Å². The molecule has 1 heterocycles. The Morgan fingerprint density at radius 3 is 2.86 bits per heavy atom. The Bertz CT molecular complexity index is 219. The van der Waals surface area contributed by atoms with Gasteiger partial charge in [0.1, 0.15) is 6.17 Å². The van der Waals surface area contributed by atoms with Gasteiger partial charge in [0.05, 0.1) is 5.60 Å². The quantitative estimate of drug-likeness (QED) is 0.674. The van der Waals surface area contributed by atoms with Gasteiger partial charge in [-0.25, -0.2) is 4.39 Å². The minimum Gasteiger partial charge on any atom is -0.390 e. The van der Waals surface area contributed by atoms with Gasteiger partial charge in [0, 0.05) is 16.4 Å². The Labute approximate surface area is 89.5 Å². The summed E-state index contributed by atoms with van der Waals surface area (Å²) >= 11 is 1.95. The Morgan fingerprint density at radius 2 is 2.14 bits per heavy atom. The molecule has 1 nitrogen and oxygen atoms in total. The number of halogens is 1. The Kier molecular flexibility index (Phi) is 2.82. The van der Waals surface area contributed by atoms with Crippen LogP contribution in [0.3, 0.4) is 0 Å². The molecule has 0 spiro atoms. The second-order valence-corrected chi connectivity index (χ2v) is 6.75. The lowest BCUT2D eigenvalue weighted by Gasteiger charge is -2.48. The van der Waals surface area contributed by atoms with Gasteiger partial charge in [-0.05, 0) is 32.6 Å². The van der Waals surface area contributed by atoms with Gasteiger partial charge in [0.2, 0.25) is 0 Å². The number of rotatable bonds is 0. The van der Waals surface area contributed by atoms with Gasteiger partial charge < -0.3 is 5.11 Å². The van der Waals surface area contributed by atoms with E-state index in [9.17, 15) is 9.50 Å². The summed E-state index contributed by atoms with van der Waals surface area (Å²) in [4.78, 5) is 0. The molecule has 2 rings (SSSR count). The van der Waals surface area contributed by atoms with Crippen molar-refractivity contribution in [3.63, 3.8) is 0 Å². The summed E-state index contributed by atoms with van der Waals surface area (Å²) in [7, 11) is 0. The number of hydrogen-bond acceptors (Lipinski definition) is 2. The predicted octanol–water partition coefficient (Wildman–Crippen LogP) is 2.77. The van der Waals surface area contributed by atoms with E-state index in [1.807, 2.05) is 18.7 Å². The lowest BCUT2D eigenvalue weighted by molar-refractivity contribution is -0.0371. The summed E-state index contributed by atoms with van der Waals surface area (Å²) < 4.78 is 13.3. The molecular formula is C11H19FOS. The van der Waals surface area contributed by atoms with E-state index in [-0.39, 0.29) is 5.92 Å². The van der Waals surface area contributed by atoms with Crippen molar-refractivity contribution >= 4 is 11.8 Å². The van der Waals surface area contributed by atoms with Crippen molar-refractivity contribution in [2.45, 2.75) is 61.8 Å². The summed E-state index contributed by atoms with van der Waals surface area (Å²) in [5, 5.41) is 11.3. The SMILES string of the molecule is CC1CC(C)(O)C2CC(F)CCC2S1. The van der Waals surface area contributed by atoms with Gasteiger partial charge >= 0.3 is 0 Å². The van der Waals surface area contributed by atoms with Gasteiger partial charge in [0.15, 0.2) is 0 Å². The molecule has 0 radical (unpaired) electrons. The number of fused-ring (bicyclic) bond motifs is 1. The highest BCUT2D eigenvalue weighted by molar-refractivity contribution is 8.00. The van der Waals surface area contributed by atoms with Crippen molar-refractivity contribution in [2.24, 2.45) is 5.92 Å². The highest BCUT2D eigenvalue weighted by Gasteiger charge is 2.46. The minimum atomic E-state index is -0.684. The molecule has 82 valence electrons. The van der Waals surface area contributed by atoms with Crippen molar-refractivity contribution in [3.05, 3.63) is 0 Å². The molecule has 0 bridgehead atoms. The fourth-order valence-corrected chi connectivity index (χ4v) is 4.89. The zero-order valence-electron chi connectivity index (χ0n) is 8.87. The van der Waals surface area contributed by atoms with Crippen LogP contribution in [0.1, 0.15) is 39.5 Å². The minimum absolute atomic E-state index is 0.174. The molecule has 0 aromatic carbocycles. The van der Waals surface area contributed by atoms with Crippen LogP contribution in [0.2, 0.25) is 0 Å². The molecule has 5 atom stereocenters. The van der Waals surface area contributed by atoms with E-state index in [2.05, 4.69) is 6.92 Å². The summed E-state index contributed by atoms with van der Waals surface area (Å²) in [5.41, 5.74) is -0.639. The van der Waals surface area contributed by atoms with Gasteiger partial charge in [-0.1, -0.05) is 6.92 Å². The van der Waals surface area contributed by atoms with E-state index in [1.54, 1.807) is 0 Å². The van der Waals surface area contributed by atoms with Crippen molar-refractivity contribution in [1.29, 1.82) is 0 Å². The van der Waals surface area contributed by atoms with Crippen molar-refractivity contribution in [3.8, 4) is 0 Å². The van der Waals surface area contributed by atoms with Crippen molar-refractivity contribution in [1.82, 2.24) is 0 Å². The van der Waals surface area contributed by atoms with E-state index in [0.717, 1.165) is 12.8 Å². The maximum Gasteiger partial charge on any atom is 0.101 e. The third-order valence-electron chi connectivity index (χ3n) is 3.63. The maximum atomic E-state index is 13.3. The monoisotopic (exact) mass is 218 g/mol. The molecule has 1 aliphatic heterocycles. The van der Waals surface area contributed by atoms with E-state index in [0.29, 0.717) is 23.3 Å². The average molecular weight is 218 g/mol. The van der Waals surface area contributed by atoms with Gasteiger partial charge in [-0.15, -0.1) is 0 Å². The summed E-state index contributed by atoms with van der Waals surface area (Å²) in [6, 6.07) is 0. The zero-order valence-corrected chi connectivity index (χ0v) is 9.69. The highest BCUT2D eigenvalue weighted by Crippen LogP contribution is 2.48. The molecule has 2 aliphatic rings. The second-order valence-electron chi connectivity index (χ2n) is 5.06. The van der Waals surface area contributed by atoms with Crippen molar-refractivity contribution in [2.75, 3.05) is 0 Å². The summed E-state index contributed by atoms with van der Waals surface area (Å²) in [6.07, 6.45) is 2.33. The molecule has 1 aliphatic carbocycles. The summed E-state index contributed by atoms with van der Waals surface area (Å²) in [5.74, 6) is 0.174. The molecule has 3 heteroatoms. The van der Waals surface area contributed by atoms with Crippen LogP contribution in [-0.4, -0.2) is 27.4 Å². The molecule has 0 aromatic heterocycles. The molecule has 1 N–H and O–H groups in total. The van der Waals surface area contributed by atoms with Gasteiger partial charge in [-0.2, -0.15) is 11.8 Å². The topological polar surface area (TPSA) is 20.2 Å². The molecule has 1 saturated heterocycles. The standard InChI is InChI=1S/C11H19FOS/c1-7-6-11(2,13)9-5-8(12)3-4-10(9)14-7/h7-10,13H,3-6H2,1-2H3. The smallest absolute Gasteiger partial charge is 0.101 e. The third kappa shape index (κ3) is 1.94. The largest absolute Gasteiger partial charge is 0.390 e. The Hall–Kier alpha value is 0.240. The van der Waals surface area contributed by atoms with Gasteiger partial charge in [0.25, 0.3) is 0 Å². The number of alkyl halides is 1. The lowest BCUT2D eigenvalue weighted by Crippen LogP contribution is -2.49. The van der Waals surface area contributed by atoms with Crippen LogP contribution in [0.4, 0.5) is 4.39 Å². The lowest BCUT2D eigenvalue weighted by atomic mass is 9.74. The average Bonchev–Trinajstić information content (AvgIpc) is 2.05. The summed E-state index contributed by atoms with van der Waals surface area (Å²) in [6.45, 7) is 4.05. The molecule has 0 aromatic rings. The molecular weight excluding hydrogens is 199 g/mol. The van der Waals surface area contributed by atoms with Crippen LogP contribution in [0.15, 0.2) is 0 Å². The fourth-order valence-electron chi connectivity index (χ4n) is 2.99. The second kappa shape index (κ2) is 3.67. The maximum absolute atomic E-state index is 13.3. The van der Waals surface area contributed by atoms with E-state index < -0.39 is 11.8 Å². The normalized spacial score (nSPS) is 54.0. The number of hydrogen-bond donors (Lipinski definition) is 1. The van der Waals surface area contributed by atoms with E-state index in [4.69, 9.17) is 0 Å². The molecule has 1 saturated carbocycles. The van der Waals surface area contributed by atoms with Crippen LogP contribution >= 0.6 is 11.8 Å². The zero-order chi connectivity index (χ0) is 10.3. The first kappa shape index (κ1) is 10.7. The third-order valence-corrected chi connectivity index (χ3v) is 5.17. The number of thioether (sulfide) groups is 1. The predicted molar refractivity (Wildman–Crippen MR) is 58.3 cm³/mol. The molecule has 5 unspecified atom stereocenters. The molecule has 2 fully saturated rings. The first-order valence-corrected chi connectivity index (χ1v) is 6.45. The van der Waals surface area contributed by atoms with E-state index in [1.165, 1.54) is 0 Å². The first-order valence-electron chi connectivity index (χ1n) is 5.51. The van der Waals surface area contributed by atoms with E-state index >= 15 is 0 Å². The van der Waals surface area contributed by atoms with Crippen LogP contribution in [-0.2, 0) is 0 Å². The van der Waals surface area contributed by atoms with Crippen LogP contribution in [0, 0.1) is 5.92 Å². The van der Waals surface area contributed by atoms with Crippen LogP contribution < -0.4 is 0 Å². The Balaban J connectivity index is 2.13. The fraction of sp³-hybridized carbons (Fsp3) is 1.00. The molecule has 0 amide bonds. The number of aliphatic hydroxyl groups is 1. The Morgan fingerprint density at radius 1 is 1.43 bits per heavy atom. The van der Waals surface area contributed by atoms with Crippen molar-refractivity contribution < 1.29 is 9.50 Å². The highest BCUT2D eigenvalue weighted by atomic mass is 32.2.